The van der Waals surface area contributed by atoms with Crippen molar-refractivity contribution in [3.63, 3.8) is 0 Å². The highest BCUT2D eigenvalue weighted by atomic mass is 35.5. The molecule has 138 valence electrons. The second kappa shape index (κ2) is 8.09. The normalized spacial score (nSPS) is 21.1. The molecule has 0 spiro atoms. The van der Waals surface area contributed by atoms with Crippen LogP contribution in [0.1, 0.15) is 17.2 Å². The van der Waals surface area contributed by atoms with Crippen LogP contribution in [0.2, 0.25) is 10.0 Å². The minimum atomic E-state index is 0.227. The summed E-state index contributed by atoms with van der Waals surface area (Å²) < 4.78 is 0. The van der Waals surface area contributed by atoms with Crippen LogP contribution in [0, 0.1) is 0 Å². The van der Waals surface area contributed by atoms with E-state index in [1.54, 1.807) is 11.8 Å². The molecule has 3 nitrogen and oxygen atoms in total. The highest BCUT2D eigenvalue weighted by Crippen LogP contribution is 2.46. The summed E-state index contributed by atoms with van der Waals surface area (Å²) in [5.74, 6) is 0. The van der Waals surface area contributed by atoms with E-state index in [4.69, 9.17) is 23.2 Å². The number of aliphatic hydroxyl groups is 1. The number of nitrogens with zero attached hydrogens (tertiary/aromatic N) is 2. The number of hydrogen-bond donors (Lipinski definition) is 1. The first-order valence-electron chi connectivity index (χ1n) is 8.97. The van der Waals surface area contributed by atoms with Crippen molar-refractivity contribution in [1.82, 2.24) is 9.80 Å². The first-order valence-corrected chi connectivity index (χ1v) is 10.5. The lowest BCUT2D eigenvalue weighted by molar-refractivity contribution is 0.0823. The van der Waals surface area contributed by atoms with E-state index in [2.05, 4.69) is 34.1 Å². The Morgan fingerprint density at radius 2 is 1.88 bits per heavy atom. The van der Waals surface area contributed by atoms with E-state index in [9.17, 15) is 5.11 Å². The predicted molar refractivity (Wildman–Crippen MR) is 109 cm³/mol. The topological polar surface area (TPSA) is 26.7 Å². The van der Waals surface area contributed by atoms with Crippen molar-refractivity contribution in [2.24, 2.45) is 0 Å². The molecule has 6 heteroatoms. The molecule has 2 heterocycles. The van der Waals surface area contributed by atoms with Crippen molar-refractivity contribution < 1.29 is 5.11 Å². The van der Waals surface area contributed by atoms with E-state index in [-0.39, 0.29) is 6.61 Å². The van der Waals surface area contributed by atoms with Crippen LogP contribution in [0.25, 0.3) is 0 Å². The molecule has 0 amide bonds. The van der Waals surface area contributed by atoms with Gasteiger partial charge >= 0.3 is 0 Å². The molecule has 1 unspecified atom stereocenters. The van der Waals surface area contributed by atoms with Crippen LogP contribution in [0.3, 0.4) is 0 Å². The van der Waals surface area contributed by atoms with Gasteiger partial charge in [-0.25, -0.2) is 0 Å². The third kappa shape index (κ3) is 3.77. The van der Waals surface area contributed by atoms with Gasteiger partial charge in [0.15, 0.2) is 0 Å². The van der Waals surface area contributed by atoms with Gasteiger partial charge in [-0.15, -0.1) is 0 Å². The van der Waals surface area contributed by atoms with Gasteiger partial charge in [0.2, 0.25) is 0 Å². The number of fused-ring (bicyclic) bond motifs is 2. The molecule has 0 aromatic heterocycles. The zero-order valence-corrected chi connectivity index (χ0v) is 16.8. The first-order chi connectivity index (χ1) is 12.7. The number of benzene rings is 2. The van der Waals surface area contributed by atoms with E-state index < -0.39 is 0 Å². The zero-order chi connectivity index (χ0) is 18.1. The van der Waals surface area contributed by atoms with Crippen molar-refractivity contribution in [2.45, 2.75) is 22.3 Å². The van der Waals surface area contributed by atoms with Gasteiger partial charge in [-0.3, -0.25) is 9.80 Å². The summed E-state index contributed by atoms with van der Waals surface area (Å²) in [6.45, 7) is 4.96. The third-order valence-corrected chi connectivity index (χ3v) is 7.21. The lowest BCUT2D eigenvalue weighted by atomic mass is 9.96. The van der Waals surface area contributed by atoms with Gasteiger partial charge in [0, 0.05) is 53.6 Å². The van der Waals surface area contributed by atoms with E-state index in [0.717, 1.165) is 54.1 Å². The van der Waals surface area contributed by atoms with Crippen molar-refractivity contribution in [1.29, 1.82) is 0 Å². The average Bonchev–Trinajstić information content (AvgIpc) is 2.80. The molecule has 1 fully saturated rings. The molecular weight excluding hydrogens is 387 g/mol. The van der Waals surface area contributed by atoms with Crippen molar-refractivity contribution in [2.75, 3.05) is 39.3 Å². The minimum Gasteiger partial charge on any atom is -0.395 e. The van der Waals surface area contributed by atoms with Gasteiger partial charge in [0.1, 0.15) is 0 Å². The number of aliphatic hydroxyl groups excluding tert-OH is 1. The van der Waals surface area contributed by atoms with Gasteiger partial charge in [0.25, 0.3) is 0 Å². The summed E-state index contributed by atoms with van der Waals surface area (Å²) in [7, 11) is 0. The quantitative estimate of drug-likeness (QED) is 0.816. The summed E-state index contributed by atoms with van der Waals surface area (Å²) in [5, 5.41) is 10.8. The molecule has 0 bridgehead atoms. The largest absolute Gasteiger partial charge is 0.395 e. The van der Waals surface area contributed by atoms with Gasteiger partial charge in [-0.2, -0.15) is 0 Å². The predicted octanol–water partition coefficient (Wildman–Crippen LogP) is 4.35. The Morgan fingerprint density at radius 1 is 1.08 bits per heavy atom. The van der Waals surface area contributed by atoms with Crippen LogP contribution in [0.4, 0.5) is 0 Å². The fraction of sp³-hybridized carbons (Fsp3) is 0.400. The number of hydrogen-bond acceptors (Lipinski definition) is 4. The molecule has 26 heavy (non-hydrogen) atoms. The second-order valence-corrected chi connectivity index (χ2v) is 8.73. The van der Waals surface area contributed by atoms with E-state index in [0.29, 0.717) is 6.04 Å². The summed E-state index contributed by atoms with van der Waals surface area (Å²) in [6, 6.07) is 12.7. The molecule has 0 saturated carbocycles. The third-order valence-electron chi connectivity index (χ3n) is 5.27. The van der Waals surface area contributed by atoms with Crippen LogP contribution in [-0.4, -0.2) is 54.2 Å². The Kier molecular flexibility index (Phi) is 5.79. The Morgan fingerprint density at radius 3 is 2.65 bits per heavy atom. The standard InChI is InChI=1S/C20H22Cl2N2OS/c21-15-4-5-19-14(12-15)13-18(16-2-1-3-17(22)20(16)26-19)24-8-6-23(7-9-24)10-11-25/h1-5,12,18,25H,6-11,13H2. The monoisotopic (exact) mass is 408 g/mol. The molecule has 0 aliphatic carbocycles. The minimum absolute atomic E-state index is 0.227. The fourth-order valence-electron chi connectivity index (χ4n) is 3.90. The molecular formula is C20H22Cl2N2OS. The van der Waals surface area contributed by atoms with Crippen molar-refractivity contribution >= 4 is 35.0 Å². The van der Waals surface area contributed by atoms with Gasteiger partial charge in [0.05, 0.1) is 11.6 Å². The van der Waals surface area contributed by atoms with E-state index >= 15 is 0 Å². The molecule has 2 aliphatic heterocycles. The smallest absolute Gasteiger partial charge is 0.0558 e. The van der Waals surface area contributed by atoms with Crippen LogP contribution in [0.5, 0.6) is 0 Å². The zero-order valence-electron chi connectivity index (χ0n) is 14.5. The summed E-state index contributed by atoms with van der Waals surface area (Å²) in [5.41, 5.74) is 2.60. The van der Waals surface area contributed by atoms with Crippen LogP contribution in [-0.2, 0) is 6.42 Å². The highest BCUT2D eigenvalue weighted by molar-refractivity contribution is 7.99. The molecule has 1 atom stereocenters. The summed E-state index contributed by atoms with van der Waals surface area (Å²) in [4.78, 5) is 7.29. The van der Waals surface area contributed by atoms with Crippen LogP contribution in [0.15, 0.2) is 46.2 Å². The average molecular weight is 409 g/mol. The number of piperazine rings is 1. The van der Waals surface area contributed by atoms with Gasteiger partial charge in [-0.1, -0.05) is 47.1 Å². The molecule has 2 aromatic rings. The first kappa shape index (κ1) is 18.6. The van der Waals surface area contributed by atoms with Crippen LogP contribution >= 0.6 is 35.0 Å². The molecule has 2 aliphatic rings. The Bertz CT molecular complexity index is 793. The highest BCUT2D eigenvalue weighted by Gasteiger charge is 2.30. The second-order valence-electron chi connectivity index (χ2n) is 6.83. The Balaban J connectivity index is 1.68. The lowest BCUT2D eigenvalue weighted by Gasteiger charge is -2.39. The van der Waals surface area contributed by atoms with Crippen LogP contribution < -0.4 is 0 Å². The van der Waals surface area contributed by atoms with Gasteiger partial charge < -0.3 is 5.11 Å². The molecule has 4 rings (SSSR count). The lowest BCUT2D eigenvalue weighted by Crippen LogP contribution is -2.48. The number of β-amino-alcohol motifs (C(OH)–C–C–N with tert-alkyl or cyclic N) is 1. The molecule has 1 N–H and O–H groups in total. The number of halogens is 2. The fourth-order valence-corrected chi connectivity index (χ4v) is 5.51. The molecule has 2 aromatic carbocycles. The van der Waals surface area contributed by atoms with Crippen molar-refractivity contribution in [3.05, 3.63) is 57.6 Å². The van der Waals surface area contributed by atoms with E-state index in [1.807, 2.05) is 12.1 Å². The summed E-state index contributed by atoms with van der Waals surface area (Å²) in [6.07, 6.45) is 0.941. The Hall–Kier alpha value is -0.750. The number of rotatable bonds is 3. The SMILES string of the molecule is OCCN1CCN(C2Cc3cc(Cl)ccc3Sc3c(Cl)cccc32)CC1. The summed E-state index contributed by atoms with van der Waals surface area (Å²) >= 11 is 14.6. The van der Waals surface area contributed by atoms with Crippen molar-refractivity contribution in [3.8, 4) is 0 Å². The Labute approximate surface area is 168 Å². The molecule has 1 saturated heterocycles. The maximum atomic E-state index is 9.18. The maximum absolute atomic E-state index is 9.18. The van der Waals surface area contributed by atoms with E-state index in [1.165, 1.54) is 16.0 Å². The maximum Gasteiger partial charge on any atom is 0.0558 e. The molecule has 0 radical (unpaired) electrons. The van der Waals surface area contributed by atoms with Gasteiger partial charge in [-0.05, 0) is 41.8 Å².